The molecule has 0 saturated carbocycles. The number of para-hydroxylation sites is 1. The highest BCUT2D eigenvalue weighted by atomic mass is 16.5. The number of ether oxygens (including phenoxy) is 1. The maximum Gasteiger partial charge on any atom is 0.244 e. The highest BCUT2D eigenvalue weighted by Crippen LogP contribution is 2.29. The van der Waals surface area contributed by atoms with E-state index in [9.17, 15) is 4.79 Å². The van der Waals surface area contributed by atoms with E-state index in [1.54, 1.807) is 19.3 Å². The zero-order valence-electron chi connectivity index (χ0n) is 13.3. The molecule has 0 aromatic heterocycles. The van der Waals surface area contributed by atoms with Gasteiger partial charge in [-0.05, 0) is 42.5 Å². The number of aryl methyl sites for hydroxylation is 1. The smallest absolute Gasteiger partial charge is 0.244 e. The molecule has 0 unspecified atom stereocenters. The molecule has 0 heterocycles. The predicted octanol–water partition coefficient (Wildman–Crippen LogP) is 3.90. The van der Waals surface area contributed by atoms with Crippen LogP contribution in [-0.2, 0) is 11.2 Å². The molecule has 3 heteroatoms. The Hall–Kier alpha value is -2.55. The molecule has 0 radical (unpaired) electrons. The summed E-state index contributed by atoms with van der Waals surface area (Å²) in [4.78, 5) is 12.3. The first-order valence-corrected chi connectivity index (χ1v) is 7.97. The number of amides is 1. The Balaban J connectivity index is 1.70. The summed E-state index contributed by atoms with van der Waals surface area (Å²) in [5, 5.41) is 3.12. The van der Waals surface area contributed by atoms with Gasteiger partial charge in [-0.3, -0.25) is 4.79 Å². The van der Waals surface area contributed by atoms with Crippen LogP contribution in [0.5, 0.6) is 5.75 Å². The average molecular weight is 307 g/mol. The van der Waals surface area contributed by atoms with Crippen molar-refractivity contribution in [3.63, 3.8) is 0 Å². The van der Waals surface area contributed by atoms with Crippen LogP contribution in [0.1, 0.15) is 35.6 Å². The van der Waals surface area contributed by atoms with Gasteiger partial charge in [0.05, 0.1) is 13.2 Å². The van der Waals surface area contributed by atoms with Crippen molar-refractivity contribution in [3.8, 4) is 5.75 Å². The summed E-state index contributed by atoms with van der Waals surface area (Å²) in [6.45, 7) is 0. The summed E-state index contributed by atoms with van der Waals surface area (Å²) in [7, 11) is 1.63. The predicted molar refractivity (Wildman–Crippen MR) is 92.3 cm³/mol. The minimum Gasteiger partial charge on any atom is -0.496 e. The van der Waals surface area contributed by atoms with Gasteiger partial charge in [0.25, 0.3) is 0 Å². The van der Waals surface area contributed by atoms with Crippen molar-refractivity contribution in [3.05, 3.63) is 71.3 Å². The van der Waals surface area contributed by atoms with E-state index in [2.05, 4.69) is 23.5 Å². The molecule has 1 aliphatic rings. The minimum absolute atomic E-state index is 0.0717. The zero-order chi connectivity index (χ0) is 16.1. The molecule has 0 aliphatic heterocycles. The van der Waals surface area contributed by atoms with Crippen molar-refractivity contribution in [1.29, 1.82) is 0 Å². The lowest BCUT2D eigenvalue weighted by molar-refractivity contribution is -0.117. The Morgan fingerprint density at radius 2 is 1.96 bits per heavy atom. The first-order chi connectivity index (χ1) is 11.3. The molecule has 2 aromatic rings. The second-order valence-corrected chi connectivity index (χ2v) is 5.73. The van der Waals surface area contributed by atoms with Gasteiger partial charge < -0.3 is 10.1 Å². The summed E-state index contributed by atoms with van der Waals surface area (Å²) in [6, 6.07) is 16.1. The number of methoxy groups -OCH3 is 1. The van der Waals surface area contributed by atoms with Crippen LogP contribution >= 0.6 is 0 Å². The number of nitrogens with one attached hydrogen (secondary N) is 1. The van der Waals surface area contributed by atoms with Gasteiger partial charge in [-0.25, -0.2) is 0 Å². The second-order valence-electron chi connectivity index (χ2n) is 5.73. The largest absolute Gasteiger partial charge is 0.496 e. The minimum atomic E-state index is -0.0717. The van der Waals surface area contributed by atoms with Crippen LogP contribution in [0.3, 0.4) is 0 Å². The number of fused-ring (bicyclic) bond motifs is 1. The number of carbonyl (C=O) groups excluding carboxylic acids is 1. The van der Waals surface area contributed by atoms with Crippen molar-refractivity contribution < 1.29 is 9.53 Å². The first kappa shape index (κ1) is 15.3. The summed E-state index contributed by atoms with van der Waals surface area (Å²) >= 11 is 0. The van der Waals surface area contributed by atoms with Crippen LogP contribution in [-0.4, -0.2) is 13.0 Å². The number of benzene rings is 2. The molecule has 1 amide bonds. The summed E-state index contributed by atoms with van der Waals surface area (Å²) in [5.41, 5.74) is 3.49. The fourth-order valence-corrected chi connectivity index (χ4v) is 3.09. The molecule has 3 nitrogen and oxygen atoms in total. The molecular weight excluding hydrogens is 286 g/mol. The van der Waals surface area contributed by atoms with Crippen molar-refractivity contribution in [1.82, 2.24) is 5.32 Å². The van der Waals surface area contributed by atoms with E-state index in [0.29, 0.717) is 0 Å². The third-order valence-electron chi connectivity index (χ3n) is 4.24. The van der Waals surface area contributed by atoms with E-state index >= 15 is 0 Å². The van der Waals surface area contributed by atoms with Gasteiger partial charge in [-0.2, -0.15) is 0 Å². The van der Waals surface area contributed by atoms with Crippen molar-refractivity contribution in [2.75, 3.05) is 7.11 Å². The highest BCUT2D eigenvalue weighted by Gasteiger charge is 2.20. The molecule has 1 aliphatic carbocycles. The standard InChI is InChI=1S/C20H21NO2/c1-23-19-12-5-3-8-16(19)13-14-20(22)21-18-11-6-9-15-7-2-4-10-17(15)18/h2-5,7-8,10,12-14,18H,6,9,11H2,1H3,(H,21,22)/b14-13+/t18-/m0/s1. The quantitative estimate of drug-likeness (QED) is 0.870. The van der Waals surface area contributed by atoms with Crippen LogP contribution in [0.15, 0.2) is 54.6 Å². The van der Waals surface area contributed by atoms with Gasteiger partial charge in [0.2, 0.25) is 5.91 Å². The maximum absolute atomic E-state index is 12.3. The Kier molecular flexibility index (Phi) is 4.77. The van der Waals surface area contributed by atoms with Gasteiger partial charge in [-0.15, -0.1) is 0 Å². The fourth-order valence-electron chi connectivity index (χ4n) is 3.09. The number of rotatable bonds is 4. The van der Waals surface area contributed by atoms with Crippen molar-refractivity contribution in [2.24, 2.45) is 0 Å². The van der Waals surface area contributed by atoms with E-state index in [1.807, 2.05) is 30.3 Å². The van der Waals surface area contributed by atoms with Crippen molar-refractivity contribution in [2.45, 2.75) is 25.3 Å². The number of hydrogen-bond acceptors (Lipinski definition) is 2. The average Bonchev–Trinajstić information content (AvgIpc) is 2.60. The SMILES string of the molecule is COc1ccccc1/C=C/C(=O)N[C@H]1CCCc2ccccc21. The molecule has 1 N–H and O–H groups in total. The Labute approximate surface area is 137 Å². The van der Waals surface area contributed by atoms with Crippen LogP contribution in [0.4, 0.5) is 0 Å². The number of carbonyl (C=O) groups is 1. The van der Waals surface area contributed by atoms with Crippen molar-refractivity contribution >= 4 is 12.0 Å². The molecule has 0 bridgehead atoms. The van der Waals surface area contributed by atoms with Gasteiger partial charge in [0.15, 0.2) is 0 Å². The molecule has 2 aromatic carbocycles. The van der Waals surface area contributed by atoms with E-state index in [0.717, 1.165) is 30.6 Å². The van der Waals surface area contributed by atoms with E-state index in [1.165, 1.54) is 11.1 Å². The Morgan fingerprint density at radius 1 is 1.17 bits per heavy atom. The number of hydrogen-bond donors (Lipinski definition) is 1. The maximum atomic E-state index is 12.3. The third kappa shape index (κ3) is 3.62. The fraction of sp³-hybridized carbons (Fsp3) is 0.250. The Morgan fingerprint density at radius 3 is 2.83 bits per heavy atom. The molecule has 1 atom stereocenters. The molecule has 0 fully saturated rings. The summed E-state index contributed by atoms with van der Waals surface area (Å²) in [6.07, 6.45) is 6.57. The van der Waals surface area contributed by atoms with Crippen LogP contribution < -0.4 is 10.1 Å². The normalized spacial score (nSPS) is 16.8. The van der Waals surface area contributed by atoms with Crippen LogP contribution in [0.2, 0.25) is 0 Å². The summed E-state index contributed by atoms with van der Waals surface area (Å²) in [5.74, 6) is 0.692. The van der Waals surface area contributed by atoms with Gasteiger partial charge in [0.1, 0.15) is 5.75 Å². The van der Waals surface area contributed by atoms with E-state index < -0.39 is 0 Å². The third-order valence-corrected chi connectivity index (χ3v) is 4.24. The Bertz CT molecular complexity index is 721. The van der Waals surface area contributed by atoms with Crippen LogP contribution in [0, 0.1) is 0 Å². The lowest BCUT2D eigenvalue weighted by atomic mass is 9.88. The molecule has 0 spiro atoms. The lowest BCUT2D eigenvalue weighted by Gasteiger charge is -2.25. The van der Waals surface area contributed by atoms with Gasteiger partial charge in [-0.1, -0.05) is 42.5 Å². The second kappa shape index (κ2) is 7.14. The van der Waals surface area contributed by atoms with Gasteiger partial charge >= 0.3 is 0 Å². The monoisotopic (exact) mass is 307 g/mol. The highest BCUT2D eigenvalue weighted by molar-refractivity contribution is 5.92. The van der Waals surface area contributed by atoms with E-state index in [4.69, 9.17) is 4.74 Å². The topological polar surface area (TPSA) is 38.3 Å². The van der Waals surface area contributed by atoms with E-state index in [-0.39, 0.29) is 11.9 Å². The molecule has 118 valence electrons. The lowest BCUT2D eigenvalue weighted by Crippen LogP contribution is -2.29. The first-order valence-electron chi connectivity index (χ1n) is 7.97. The molecular formula is C20H21NO2. The van der Waals surface area contributed by atoms with Crippen LogP contribution in [0.25, 0.3) is 6.08 Å². The van der Waals surface area contributed by atoms with Gasteiger partial charge in [0, 0.05) is 11.6 Å². The zero-order valence-corrected chi connectivity index (χ0v) is 13.3. The molecule has 0 saturated heterocycles. The summed E-state index contributed by atoms with van der Waals surface area (Å²) < 4.78 is 5.29. The molecule has 23 heavy (non-hydrogen) atoms. The molecule has 3 rings (SSSR count).